The van der Waals surface area contributed by atoms with Gasteiger partial charge in [0, 0.05) is 11.1 Å². The Labute approximate surface area is 112 Å². The van der Waals surface area contributed by atoms with Crippen LogP contribution in [0.4, 0.5) is 0 Å². The van der Waals surface area contributed by atoms with Gasteiger partial charge >= 0.3 is 0 Å². The zero-order valence-electron chi connectivity index (χ0n) is 11.1. The summed E-state index contributed by atoms with van der Waals surface area (Å²) in [6.45, 7) is 2.42. The van der Waals surface area contributed by atoms with Gasteiger partial charge in [-0.3, -0.25) is 4.79 Å². The molecular weight excluding hydrogens is 240 g/mol. The fraction of sp³-hybridized carbons (Fsp3) is 0.188. The van der Waals surface area contributed by atoms with Crippen molar-refractivity contribution in [2.45, 2.75) is 6.92 Å². The molecule has 0 heterocycles. The fourth-order valence-electron chi connectivity index (χ4n) is 2.00. The van der Waals surface area contributed by atoms with Gasteiger partial charge in [-0.25, -0.2) is 0 Å². The molecule has 0 radical (unpaired) electrons. The smallest absolute Gasteiger partial charge is 0.168 e. The predicted octanol–water partition coefficient (Wildman–Crippen LogP) is 3.57. The Hall–Kier alpha value is -2.29. The van der Waals surface area contributed by atoms with E-state index in [1.165, 1.54) is 0 Å². The standard InChI is InChI=1S/C16H16O3/c1-3-19-15-10-12(11-17)9-14(16(15)18-2)13-7-5-4-6-8-13/h4-11H,3H2,1-2H3. The molecular formula is C16H16O3. The molecule has 0 saturated carbocycles. The number of carbonyl (C=O) groups is 1. The largest absolute Gasteiger partial charge is 0.492 e. The van der Waals surface area contributed by atoms with E-state index in [1.807, 2.05) is 43.3 Å². The molecule has 0 aliphatic heterocycles. The molecule has 0 unspecified atom stereocenters. The van der Waals surface area contributed by atoms with Gasteiger partial charge in [-0.1, -0.05) is 30.3 Å². The molecule has 0 fully saturated rings. The van der Waals surface area contributed by atoms with Crippen molar-refractivity contribution in [2.75, 3.05) is 13.7 Å². The maximum absolute atomic E-state index is 11.0. The number of hydrogen-bond acceptors (Lipinski definition) is 3. The van der Waals surface area contributed by atoms with Crippen molar-refractivity contribution in [1.29, 1.82) is 0 Å². The Kier molecular flexibility index (Phi) is 4.18. The number of methoxy groups -OCH3 is 1. The van der Waals surface area contributed by atoms with Crippen LogP contribution in [0.2, 0.25) is 0 Å². The Balaban J connectivity index is 2.63. The lowest BCUT2D eigenvalue weighted by atomic mass is 10.0. The first kappa shape index (κ1) is 13.1. The average molecular weight is 256 g/mol. The van der Waals surface area contributed by atoms with Crippen molar-refractivity contribution in [3.63, 3.8) is 0 Å². The van der Waals surface area contributed by atoms with Crippen LogP contribution in [0.5, 0.6) is 11.5 Å². The molecule has 0 N–H and O–H groups in total. The van der Waals surface area contributed by atoms with Crippen LogP contribution in [0.1, 0.15) is 17.3 Å². The Morgan fingerprint density at radius 1 is 1.16 bits per heavy atom. The molecule has 2 aromatic rings. The molecule has 0 amide bonds. The maximum Gasteiger partial charge on any atom is 0.168 e. The van der Waals surface area contributed by atoms with Gasteiger partial charge in [0.15, 0.2) is 11.5 Å². The van der Waals surface area contributed by atoms with Gasteiger partial charge in [0.25, 0.3) is 0 Å². The van der Waals surface area contributed by atoms with Crippen LogP contribution in [-0.2, 0) is 0 Å². The van der Waals surface area contributed by atoms with Gasteiger partial charge in [-0.05, 0) is 24.6 Å². The number of aldehydes is 1. The summed E-state index contributed by atoms with van der Waals surface area (Å²) in [4.78, 5) is 11.0. The van der Waals surface area contributed by atoms with Gasteiger partial charge in [0.1, 0.15) is 6.29 Å². The molecule has 3 heteroatoms. The molecule has 19 heavy (non-hydrogen) atoms. The molecule has 3 nitrogen and oxygen atoms in total. The second-order valence-electron chi connectivity index (χ2n) is 4.02. The molecule has 2 aromatic carbocycles. The van der Waals surface area contributed by atoms with Gasteiger partial charge in [-0.2, -0.15) is 0 Å². The van der Waals surface area contributed by atoms with Crippen LogP contribution >= 0.6 is 0 Å². The van der Waals surface area contributed by atoms with E-state index in [4.69, 9.17) is 9.47 Å². The summed E-state index contributed by atoms with van der Waals surface area (Å²) in [6, 6.07) is 13.3. The third kappa shape index (κ3) is 2.76. The summed E-state index contributed by atoms with van der Waals surface area (Å²) in [6.07, 6.45) is 0.814. The van der Waals surface area contributed by atoms with Crippen molar-refractivity contribution in [3.05, 3.63) is 48.0 Å². The molecule has 0 saturated heterocycles. The SMILES string of the molecule is CCOc1cc(C=O)cc(-c2ccccc2)c1OC. The minimum atomic E-state index is 0.521. The Morgan fingerprint density at radius 3 is 2.47 bits per heavy atom. The topological polar surface area (TPSA) is 35.5 Å². The van der Waals surface area contributed by atoms with Crippen LogP contribution in [0.3, 0.4) is 0 Å². The number of carbonyl (C=O) groups excluding carboxylic acids is 1. The molecule has 2 rings (SSSR count). The van der Waals surface area contributed by atoms with E-state index < -0.39 is 0 Å². The van der Waals surface area contributed by atoms with Crippen LogP contribution in [0, 0.1) is 0 Å². The average Bonchev–Trinajstić information content (AvgIpc) is 2.47. The van der Waals surface area contributed by atoms with E-state index in [1.54, 1.807) is 13.2 Å². The van der Waals surface area contributed by atoms with E-state index in [-0.39, 0.29) is 0 Å². The molecule has 0 aliphatic carbocycles. The molecule has 98 valence electrons. The van der Waals surface area contributed by atoms with Gasteiger partial charge in [-0.15, -0.1) is 0 Å². The quantitative estimate of drug-likeness (QED) is 0.767. The lowest BCUT2D eigenvalue weighted by Crippen LogP contribution is -1.98. The first-order chi connectivity index (χ1) is 9.30. The van der Waals surface area contributed by atoms with Crippen LogP contribution < -0.4 is 9.47 Å². The van der Waals surface area contributed by atoms with Crippen LogP contribution in [-0.4, -0.2) is 20.0 Å². The van der Waals surface area contributed by atoms with Gasteiger partial charge in [0.05, 0.1) is 13.7 Å². The number of benzene rings is 2. The maximum atomic E-state index is 11.0. The van der Waals surface area contributed by atoms with Crippen molar-refractivity contribution in [2.24, 2.45) is 0 Å². The highest BCUT2D eigenvalue weighted by atomic mass is 16.5. The van der Waals surface area contributed by atoms with Gasteiger partial charge < -0.3 is 9.47 Å². The number of rotatable bonds is 5. The summed E-state index contributed by atoms with van der Waals surface area (Å²) in [5, 5.41) is 0. The summed E-state index contributed by atoms with van der Waals surface area (Å²) in [5.74, 6) is 1.24. The third-order valence-corrected chi connectivity index (χ3v) is 2.80. The highest BCUT2D eigenvalue weighted by molar-refractivity contribution is 5.84. The summed E-state index contributed by atoms with van der Waals surface area (Å²) in [7, 11) is 1.60. The first-order valence-electron chi connectivity index (χ1n) is 6.15. The van der Waals surface area contributed by atoms with Crippen LogP contribution in [0.15, 0.2) is 42.5 Å². The molecule has 0 aromatic heterocycles. The van der Waals surface area contributed by atoms with Crippen molar-refractivity contribution >= 4 is 6.29 Å². The second kappa shape index (κ2) is 6.05. The molecule has 0 bridgehead atoms. The molecule has 0 spiro atoms. The summed E-state index contributed by atoms with van der Waals surface area (Å²) < 4.78 is 11.0. The van der Waals surface area contributed by atoms with Gasteiger partial charge in [0.2, 0.25) is 0 Å². The summed E-state index contributed by atoms with van der Waals surface area (Å²) in [5.41, 5.74) is 2.42. The minimum Gasteiger partial charge on any atom is -0.492 e. The van der Waals surface area contributed by atoms with E-state index in [9.17, 15) is 4.79 Å². The monoisotopic (exact) mass is 256 g/mol. The van der Waals surface area contributed by atoms with Crippen molar-refractivity contribution < 1.29 is 14.3 Å². The Morgan fingerprint density at radius 2 is 1.89 bits per heavy atom. The van der Waals surface area contributed by atoms with E-state index in [0.29, 0.717) is 23.7 Å². The zero-order chi connectivity index (χ0) is 13.7. The fourth-order valence-corrected chi connectivity index (χ4v) is 2.00. The lowest BCUT2D eigenvalue weighted by molar-refractivity contribution is 0.112. The first-order valence-corrected chi connectivity index (χ1v) is 6.15. The Bertz CT molecular complexity index is 562. The third-order valence-electron chi connectivity index (χ3n) is 2.80. The summed E-state index contributed by atoms with van der Waals surface area (Å²) >= 11 is 0. The normalized spacial score (nSPS) is 10.0. The van der Waals surface area contributed by atoms with E-state index in [0.717, 1.165) is 17.4 Å². The lowest BCUT2D eigenvalue weighted by Gasteiger charge is -2.14. The highest BCUT2D eigenvalue weighted by Gasteiger charge is 2.14. The van der Waals surface area contributed by atoms with Crippen molar-refractivity contribution in [1.82, 2.24) is 0 Å². The predicted molar refractivity (Wildman–Crippen MR) is 75.0 cm³/mol. The second-order valence-corrected chi connectivity index (χ2v) is 4.02. The van der Waals surface area contributed by atoms with Crippen LogP contribution in [0.25, 0.3) is 11.1 Å². The molecule has 0 atom stereocenters. The number of ether oxygens (including phenoxy) is 2. The molecule has 0 aliphatic rings. The number of hydrogen-bond donors (Lipinski definition) is 0. The van der Waals surface area contributed by atoms with E-state index in [2.05, 4.69) is 0 Å². The van der Waals surface area contributed by atoms with Crippen molar-refractivity contribution in [3.8, 4) is 22.6 Å². The zero-order valence-corrected chi connectivity index (χ0v) is 11.1. The van der Waals surface area contributed by atoms with E-state index >= 15 is 0 Å². The highest BCUT2D eigenvalue weighted by Crippen LogP contribution is 2.39. The minimum absolute atomic E-state index is 0.521.